The smallest absolute Gasteiger partial charge is 0.261 e. The number of carbonyl (C=O) groups is 2. The zero-order valence-electron chi connectivity index (χ0n) is 20.6. The first-order chi connectivity index (χ1) is 18.2. The van der Waals surface area contributed by atoms with Crippen molar-refractivity contribution in [2.45, 2.75) is 13.2 Å². The number of ether oxygens (including phenoxy) is 5. The van der Waals surface area contributed by atoms with E-state index in [1.54, 1.807) is 35.1 Å². The van der Waals surface area contributed by atoms with Crippen LogP contribution in [0, 0.1) is 0 Å². The zero-order chi connectivity index (χ0) is 26.1. The summed E-state index contributed by atoms with van der Waals surface area (Å²) in [5, 5.41) is 11.5. The van der Waals surface area contributed by atoms with Gasteiger partial charge in [-0.15, -0.1) is 5.10 Å². The maximum Gasteiger partial charge on any atom is 0.261 e. The second kappa shape index (κ2) is 16.4. The molecule has 14 heteroatoms. The van der Waals surface area contributed by atoms with E-state index in [0.717, 1.165) is 0 Å². The second-order valence-electron chi connectivity index (χ2n) is 7.74. The summed E-state index contributed by atoms with van der Waals surface area (Å²) in [7, 11) is 0. The summed E-state index contributed by atoms with van der Waals surface area (Å²) < 4.78 is 28.8. The third-order valence-electron chi connectivity index (χ3n) is 5.15. The summed E-state index contributed by atoms with van der Waals surface area (Å²) in [6.07, 6.45) is 1.79. The number of rotatable bonds is 20. The molecular formula is C23H31N7O7. The highest BCUT2D eigenvalue weighted by Crippen LogP contribution is 2.21. The van der Waals surface area contributed by atoms with Crippen LogP contribution in [0.2, 0.25) is 0 Å². The third-order valence-corrected chi connectivity index (χ3v) is 5.15. The summed E-state index contributed by atoms with van der Waals surface area (Å²) in [5.41, 5.74) is 9.72. The molecular weight excluding hydrogens is 486 g/mol. The monoisotopic (exact) mass is 517 g/mol. The van der Waals surface area contributed by atoms with E-state index >= 15 is 0 Å². The molecule has 2 heterocycles. The first-order valence-electron chi connectivity index (χ1n) is 11.9. The molecule has 0 radical (unpaired) electrons. The van der Waals surface area contributed by atoms with Gasteiger partial charge in [0.25, 0.3) is 11.8 Å². The molecule has 1 aliphatic rings. The van der Waals surface area contributed by atoms with Crippen LogP contribution in [0.1, 0.15) is 26.4 Å². The fourth-order valence-electron chi connectivity index (χ4n) is 3.36. The van der Waals surface area contributed by atoms with Crippen LogP contribution < -0.4 is 0 Å². The lowest BCUT2D eigenvalue weighted by atomic mass is 10.1. The minimum absolute atomic E-state index is 0.205. The van der Waals surface area contributed by atoms with E-state index in [-0.39, 0.29) is 25.0 Å². The Kier molecular flexibility index (Phi) is 12.5. The van der Waals surface area contributed by atoms with Crippen molar-refractivity contribution >= 4 is 11.8 Å². The van der Waals surface area contributed by atoms with Crippen molar-refractivity contribution in [3.63, 3.8) is 0 Å². The maximum absolute atomic E-state index is 12.3. The van der Waals surface area contributed by atoms with Crippen molar-refractivity contribution in [1.29, 1.82) is 0 Å². The average molecular weight is 518 g/mol. The number of hydrogen-bond donors (Lipinski definition) is 0. The first-order valence-corrected chi connectivity index (χ1v) is 11.9. The SMILES string of the molecule is [N-]=[N+]=NCCOCCOCCOCc1cn(CCOCCOCCN2C(=O)c3ccccc3C2=O)nn1. The highest BCUT2D eigenvalue weighted by atomic mass is 16.5. The van der Waals surface area contributed by atoms with Gasteiger partial charge < -0.3 is 23.7 Å². The van der Waals surface area contributed by atoms with Crippen LogP contribution in [0.4, 0.5) is 0 Å². The number of amides is 2. The minimum atomic E-state index is -0.284. The van der Waals surface area contributed by atoms with Gasteiger partial charge in [0.1, 0.15) is 5.69 Å². The minimum Gasteiger partial charge on any atom is -0.379 e. The largest absolute Gasteiger partial charge is 0.379 e. The molecule has 3 rings (SSSR count). The van der Waals surface area contributed by atoms with Crippen LogP contribution in [0.3, 0.4) is 0 Å². The Morgan fingerprint density at radius 2 is 1.35 bits per heavy atom. The van der Waals surface area contributed by atoms with Crippen LogP contribution in [0.15, 0.2) is 35.6 Å². The Bertz CT molecular complexity index is 1010. The molecule has 0 N–H and O–H groups in total. The Morgan fingerprint density at radius 3 is 2.00 bits per heavy atom. The summed E-state index contributed by atoms with van der Waals surface area (Å²) >= 11 is 0. The summed E-state index contributed by atoms with van der Waals surface area (Å²) in [5.74, 6) is -0.568. The fraction of sp³-hybridized carbons (Fsp3) is 0.565. The number of benzene rings is 1. The van der Waals surface area contributed by atoms with Gasteiger partial charge in [0.05, 0.1) is 96.5 Å². The third kappa shape index (κ3) is 9.53. The normalized spacial score (nSPS) is 12.7. The van der Waals surface area contributed by atoms with Crippen LogP contribution in [-0.4, -0.2) is 104 Å². The van der Waals surface area contributed by atoms with Gasteiger partial charge in [-0.2, -0.15) is 0 Å². The second-order valence-corrected chi connectivity index (χ2v) is 7.74. The lowest BCUT2D eigenvalue weighted by Gasteiger charge is -2.13. The molecule has 0 spiro atoms. The van der Waals surface area contributed by atoms with Gasteiger partial charge in [-0.05, 0) is 17.7 Å². The van der Waals surface area contributed by atoms with Crippen molar-refractivity contribution < 1.29 is 33.3 Å². The summed E-state index contributed by atoms with van der Waals surface area (Å²) in [4.78, 5) is 28.4. The molecule has 200 valence electrons. The Labute approximate surface area is 214 Å². The number of imide groups is 1. The number of azide groups is 1. The highest BCUT2D eigenvalue weighted by Gasteiger charge is 2.34. The molecule has 0 bridgehead atoms. The number of fused-ring (bicyclic) bond motifs is 1. The molecule has 0 unspecified atom stereocenters. The molecule has 1 aliphatic heterocycles. The van der Waals surface area contributed by atoms with E-state index in [0.29, 0.717) is 89.4 Å². The van der Waals surface area contributed by atoms with E-state index in [2.05, 4.69) is 20.3 Å². The van der Waals surface area contributed by atoms with Crippen LogP contribution in [0.5, 0.6) is 0 Å². The van der Waals surface area contributed by atoms with Gasteiger partial charge in [-0.3, -0.25) is 14.5 Å². The number of carbonyl (C=O) groups excluding carboxylic acids is 2. The van der Waals surface area contributed by atoms with E-state index < -0.39 is 0 Å². The Balaban J connectivity index is 1.14. The van der Waals surface area contributed by atoms with Crippen molar-refractivity contribution in [2.24, 2.45) is 5.11 Å². The highest BCUT2D eigenvalue weighted by molar-refractivity contribution is 6.21. The van der Waals surface area contributed by atoms with E-state index in [1.165, 1.54) is 4.90 Å². The molecule has 0 atom stereocenters. The molecule has 2 amide bonds. The summed E-state index contributed by atoms with van der Waals surface area (Å²) in [6, 6.07) is 6.80. The lowest BCUT2D eigenvalue weighted by Crippen LogP contribution is -2.33. The van der Waals surface area contributed by atoms with Crippen molar-refractivity contribution in [2.75, 3.05) is 72.6 Å². The number of hydrogen-bond acceptors (Lipinski definition) is 10. The lowest BCUT2D eigenvalue weighted by molar-refractivity contribution is 0.0113. The molecule has 1 aromatic heterocycles. The van der Waals surface area contributed by atoms with E-state index in [4.69, 9.17) is 29.2 Å². The molecule has 0 aliphatic carbocycles. The van der Waals surface area contributed by atoms with Gasteiger partial charge in [0.15, 0.2) is 0 Å². The van der Waals surface area contributed by atoms with Gasteiger partial charge >= 0.3 is 0 Å². The molecule has 0 fully saturated rings. The van der Waals surface area contributed by atoms with E-state index in [1.807, 2.05) is 0 Å². The standard InChI is InChI=1S/C23H31N7O7/c24-27-25-5-8-33-11-14-36-15-16-37-18-19-17-29(28-26-19)6-9-34-12-13-35-10-7-30-22(31)20-3-1-2-4-21(20)23(30)32/h1-4,17H,5-16,18H2. The van der Waals surface area contributed by atoms with Crippen LogP contribution in [0.25, 0.3) is 10.4 Å². The van der Waals surface area contributed by atoms with Gasteiger partial charge in [-0.1, -0.05) is 22.5 Å². The summed E-state index contributed by atoms with van der Waals surface area (Å²) in [6.45, 7) is 4.88. The number of nitrogens with zero attached hydrogens (tertiary/aromatic N) is 7. The molecule has 14 nitrogen and oxygen atoms in total. The molecule has 0 saturated heterocycles. The average Bonchev–Trinajstić information content (AvgIpc) is 3.46. The van der Waals surface area contributed by atoms with Gasteiger partial charge in [0, 0.05) is 11.5 Å². The quantitative estimate of drug-likeness (QED) is 0.0831. The Morgan fingerprint density at radius 1 is 0.784 bits per heavy atom. The van der Waals surface area contributed by atoms with E-state index in [9.17, 15) is 9.59 Å². The number of aromatic nitrogens is 3. The molecule has 0 saturated carbocycles. The van der Waals surface area contributed by atoms with Crippen LogP contribution >= 0.6 is 0 Å². The maximum atomic E-state index is 12.3. The van der Waals surface area contributed by atoms with Gasteiger partial charge in [0.2, 0.25) is 0 Å². The van der Waals surface area contributed by atoms with Gasteiger partial charge in [-0.25, -0.2) is 4.68 Å². The van der Waals surface area contributed by atoms with Crippen molar-refractivity contribution in [3.8, 4) is 0 Å². The van der Waals surface area contributed by atoms with Crippen molar-refractivity contribution in [3.05, 3.63) is 57.7 Å². The predicted molar refractivity (Wildman–Crippen MR) is 129 cm³/mol. The van der Waals surface area contributed by atoms with Crippen LogP contribution in [-0.2, 0) is 36.8 Å². The fourth-order valence-corrected chi connectivity index (χ4v) is 3.36. The van der Waals surface area contributed by atoms with Crippen molar-refractivity contribution in [1.82, 2.24) is 19.9 Å². The first kappa shape index (κ1) is 28.2. The topological polar surface area (TPSA) is 163 Å². The molecule has 37 heavy (non-hydrogen) atoms. The predicted octanol–water partition coefficient (Wildman–Crippen LogP) is 1.47. The molecule has 1 aromatic carbocycles. The zero-order valence-corrected chi connectivity index (χ0v) is 20.6. The molecule has 2 aromatic rings. The Hall–Kier alpha value is -3.39.